The van der Waals surface area contributed by atoms with Gasteiger partial charge in [-0.1, -0.05) is 29.8 Å². The van der Waals surface area contributed by atoms with E-state index in [9.17, 15) is 4.79 Å². The fourth-order valence-electron chi connectivity index (χ4n) is 3.68. The molecule has 0 saturated carbocycles. The zero-order valence-electron chi connectivity index (χ0n) is 14.7. The minimum Gasteiger partial charge on any atom is -0.357 e. The first-order valence-electron chi connectivity index (χ1n) is 9.19. The number of fused-ring (bicyclic) bond motifs is 1. The van der Waals surface area contributed by atoms with E-state index in [1.165, 1.54) is 18.4 Å². The molecule has 5 nitrogen and oxygen atoms in total. The van der Waals surface area contributed by atoms with Gasteiger partial charge in [0.15, 0.2) is 0 Å². The molecular weight excluding hydrogens is 348 g/mol. The van der Waals surface area contributed by atoms with Gasteiger partial charge in [-0.2, -0.15) is 0 Å². The number of aromatic nitrogens is 1. The Morgan fingerprint density at radius 1 is 1.15 bits per heavy atom. The molecule has 2 aliphatic rings. The standard InChI is InChI=1S/C20H23ClN4O/c21-18-5-3-4-16-14-25(11-8-17(16)18)20(26)23-13-15-6-7-19(22-12-15)24-9-1-2-10-24/h3-7,12H,1-2,8-11,13-14H2,(H,23,26). The Morgan fingerprint density at radius 3 is 2.77 bits per heavy atom. The van der Waals surface area contributed by atoms with Crippen molar-refractivity contribution in [3.05, 3.63) is 58.2 Å². The molecule has 2 aliphatic heterocycles. The molecule has 1 fully saturated rings. The van der Waals surface area contributed by atoms with Gasteiger partial charge in [-0.15, -0.1) is 0 Å². The van der Waals surface area contributed by atoms with Crippen molar-refractivity contribution in [1.29, 1.82) is 0 Å². The van der Waals surface area contributed by atoms with Gasteiger partial charge in [0.2, 0.25) is 0 Å². The molecular formula is C20H23ClN4O. The molecule has 4 rings (SSSR count). The summed E-state index contributed by atoms with van der Waals surface area (Å²) in [5.74, 6) is 1.03. The normalized spacial score (nSPS) is 16.5. The number of rotatable bonds is 3. The van der Waals surface area contributed by atoms with Gasteiger partial charge in [0.25, 0.3) is 0 Å². The highest BCUT2D eigenvalue weighted by Gasteiger charge is 2.22. The third-order valence-corrected chi connectivity index (χ3v) is 5.53. The Hall–Kier alpha value is -2.27. The summed E-state index contributed by atoms with van der Waals surface area (Å²) in [6.07, 6.45) is 5.14. The van der Waals surface area contributed by atoms with Gasteiger partial charge in [-0.05, 0) is 48.1 Å². The van der Waals surface area contributed by atoms with Crippen LogP contribution in [0.1, 0.15) is 29.5 Å². The van der Waals surface area contributed by atoms with E-state index in [0.29, 0.717) is 19.6 Å². The van der Waals surface area contributed by atoms with Crippen molar-refractivity contribution in [3.63, 3.8) is 0 Å². The summed E-state index contributed by atoms with van der Waals surface area (Å²) in [6.45, 7) is 3.96. The smallest absolute Gasteiger partial charge is 0.317 e. The number of hydrogen-bond acceptors (Lipinski definition) is 3. The van der Waals surface area contributed by atoms with Gasteiger partial charge in [0.1, 0.15) is 5.82 Å². The molecule has 3 heterocycles. The number of pyridine rings is 1. The number of urea groups is 1. The lowest BCUT2D eigenvalue weighted by molar-refractivity contribution is 0.192. The Balaban J connectivity index is 1.32. The monoisotopic (exact) mass is 370 g/mol. The van der Waals surface area contributed by atoms with Crippen LogP contribution in [-0.2, 0) is 19.5 Å². The van der Waals surface area contributed by atoms with E-state index >= 15 is 0 Å². The summed E-state index contributed by atoms with van der Waals surface area (Å²) in [6, 6.07) is 9.95. The first-order valence-corrected chi connectivity index (χ1v) is 9.57. The first-order chi connectivity index (χ1) is 12.7. The summed E-state index contributed by atoms with van der Waals surface area (Å²) < 4.78 is 0. The van der Waals surface area contributed by atoms with Gasteiger partial charge in [0.05, 0.1) is 0 Å². The lowest BCUT2D eigenvalue weighted by atomic mass is 10.00. The molecule has 0 spiro atoms. The van der Waals surface area contributed by atoms with Crippen LogP contribution < -0.4 is 10.2 Å². The molecule has 0 radical (unpaired) electrons. The van der Waals surface area contributed by atoms with E-state index in [4.69, 9.17) is 11.6 Å². The average Bonchev–Trinajstić information content (AvgIpc) is 3.21. The maximum Gasteiger partial charge on any atom is 0.317 e. The Bertz CT molecular complexity index is 787. The van der Waals surface area contributed by atoms with Crippen molar-refractivity contribution >= 4 is 23.4 Å². The summed E-state index contributed by atoms with van der Waals surface area (Å²) in [4.78, 5) is 21.2. The fraction of sp³-hybridized carbons (Fsp3) is 0.400. The number of carbonyl (C=O) groups is 1. The van der Waals surface area contributed by atoms with Crippen LogP contribution in [0.5, 0.6) is 0 Å². The molecule has 0 aliphatic carbocycles. The molecule has 1 N–H and O–H groups in total. The lowest BCUT2D eigenvalue weighted by Crippen LogP contribution is -2.42. The highest BCUT2D eigenvalue weighted by molar-refractivity contribution is 6.31. The second-order valence-corrected chi connectivity index (χ2v) is 7.33. The van der Waals surface area contributed by atoms with Crippen molar-refractivity contribution in [2.45, 2.75) is 32.4 Å². The molecule has 1 saturated heterocycles. The number of benzene rings is 1. The molecule has 0 atom stereocenters. The molecule has 26 heavy (non-hydrogen) atoms. The van der Waals surface area contributed by atoms with Crippen molar-refractivity contribution in [2.24, 2.45) is 0 Å². The molecule has 0 bridgehead atoms. The number of anilines is 1. The molecule has 6 heteroatoms. The topological polar surface area (TPSA) is 48.5 Å². The largest absolute Gasteiger partial charge is 0.357 e. The van der Waals surface area contributed by atoms with Gasteiger partial charge in [-0.25, -0.2) is 9.78 Å². The van der Waals surface area contributed by atoms with Crippen LogP contribution in [0.3, 0.4) is 0 Å². The third-order valence-electron chi connectivity index (χ3n) is 5.18. The number of hydrogen-bond donors (Lipinski definition) is 1. The van der Waals surface area contributed by atoms with Crippen molar-refractivity contribution in [3.8, 4) is 0 Å². The first kappa shape index (κ1) is 17.2. The number of carbonyl (C=O) groups excluding carboxylic acids is 1. The van der Waals surface area contributed by atoms with Gasteiger partial charge in [-0.3, -0.25) is 0 Å². The summed E-state index contributed by atoms with van der Waals surface area (Å²) in [5, 5.41) is 3.80. The fourth-order valence-corrected chi connectivity index (χ4v) is 3.97. The van der Waals surface area contributed by atoms with Gasteiger partial charge >= 0.3 is 6.03 Å². The molecule has 2 aromatic rings. The zero-order chi connectivity index (χ0) is 17.9. The van der Waals surface area contributed by atoms with Crippen LogP contribution in [0.4, 0.5) is 10.6 Å². The van der Waals surface area contributed by atoms with Crippen LogP contribution in [0.15, 0.2) is 36.5 Å². The van der Waals surface area contributed by atoms with E-state index in [1.54, 1.807) is 0 Å². The summed E-state index contributed by atoms with van der Waals surface area (Å²) in [5.41, 5.74) is 3.32. The van der Waals surface area contributed by atoms with Crippen LogP contribution in [0.2, 0.25) is 5.02 Å². The Kier molecular flexibility index (Phi) is 4.98. The number of nitrogens with one attached hydrogen (secondary N) is 1. The molecule has 2 amide bonds. The number of amides is 2. The molecule has 136 valence electrons. The van der Waals surface area contributed by atoms with E-state index in [0.717, 1.165) is 41.5 Å². The van der Waals surface area contributed by atoms with Crippen LogP contribution in [-0.4, -0.2) is 35.5 Å². The Labute approximate surface area is 159 Å². The average molecular weight is 371 g/mol. The zero-order valence-corrected chi connectivity index (χ0v) is 15.5. The number of nitrogens with zero attached hydrogens (tertiary/aromatic N) is 3. The predicted octanol–water partition coefficient (Wildman–Crippen LogP) is 3.60. The van der Waals surface area contributed by atoms with Crippen LogP contribution in [0.25, 0.3) is 0 Å². The van der Waals surface area contributed by atoms with E-state index < -0.39 is 0 Å². The maximum absolute atomic E-state index is 12.5. The second-order valence-electron chi connectivity index (χ2n) is 6.93. The summed E-state index contributed by atoms with van der Waals surface area (Å²) >= 11 is 6.24. The molecule has 0 unspecified atom stereocenters. The SMILES string of the molecule is O=C(NCc1ccc(N2CCCC2)nc1)N1CCc2c(Cl)cccc2C1. The lowest BCUT2D eigenvalue weighted by Gasteiger charge is -2.29. The summed E-state index contributed by atoms with van der Waals surface area (Å²) in [7, 11) is 0. The highest BCUT2D eigenvalue weighted by Crippen LogP contribution is 2.26. The van der Waals surface area contributed by atoms with E-state index in [2.05, 4.69) is 15.2 Å². The molecule has 1 aromatic carbocycles. The predicted molar refractivity (Wildman–Crippen MR) is 103 cm³/mol. The quantitative estimate of drug-likeness (QED) is 0.898. The van der Waals surface area contributed by atoms with Crippen molar-refractivity contribution in [1.82, 2.24) is 15.2 Å². The van der Waals surface area contributed by atoms with Gasteiger partial charge < -0.3 is 15.1 Å². The van der Waals surface area contributed by atoms with Gasteiger partial charge in [0, 0.05) is 43.9 Å². The minimum atomic E-state index is -0.0424. The van der Waals surface area contributed by atoms with E-state index in [-0.39, 0.29) is 6.03 Å². The van der Waals surface area contributed by atoms with Crippen molar-refractivity contribution < 1.29 is 4.79 Å². The second kappa shape index (κ2) is 7.54. The molecule has 1 aromatic heterocycles. The highest BCUT2D eigenvalue weighted by atomic mass is 35.5. The van der Waals surface area contributed by atoms with E-state index in [1.807, 2.05) is 41.4 Å². The van der Waals surface area contributed by atoms with Crippen LogP contribution >= 0.6 is 11.6 Å². The number of halogens is 1. The van der Waals surface area contributed by atoms with Crippen molar-refractivity contribution in [2.75, 3.05) is 24.5 Å². The third kappa shape index (κ3) is 3.63. The Morgan fingerprint density at radius 2 is 2.00 bits per heavy atom. The minimum absolute atomic E-state index is 0.0424. The maximum atomic E-state index is 12.5. The van der Waals surface area contributed by atoms with Crippen LogP contribution in [0, 0.1) is 0 Å².